The zero-order valence-electron chi connectivity index (χ0n) is 14.9. The smallest absolute Gasteiger partial charge is 0.253 e. The number of amides is 1. The summed E-state index contributed by atoms with van der Waals surface area (Å²) in [6.07, 6.45) is 3.11. The number of hydrogen-bond acceptors (Lipinski definition) is 3. The number of hydrogen-bond donors (Lipinski definition) is 2. The van der Waals surface area contributed by atoms with Crippen LogP contribution >= 0.6 is 0 Å². The molecule has 1 aliphatic rings. The van der Waals surface area contributed by atoms with Crippen molar-refractivity contribution in [1.82, 2.24) is 15.1 Å². The van der Waals surface area contributed by atoms with Gasteiger partial charge in [-0.1, -0.05) is 12.1 Å². The zero-order valence-corrected chi connectivity index (χ0v) is 13.9. The van der Waals surface area contributed by atoms with Crippen LogP contribution in [0.5, 0.6) is 0 Å². The third-order valence-corrected chi connectivity index (χ3v) is 4.66. The van der Waals surface area contributed by atoms with Crippen molar-refractivity contribution in [2.75, 3.05) is 13.1 Å². The van der Waals surface area contributed by atoms with Crippen molar-refractivity contribution in [3.05, 3.63) is 59.3 Å². The summed E-state index contributed by atoms with van der Waals surface area (Å²) in [5, 5.41) is 7.42. The number of carbonyl (C=O) groups is 1. The number of aromatic nitrogens is 2. The molecule has 1 atom stereocenters. The molecular formula is C19H18F2N4O. The molecule has 7 heteroatoms. The molecule has 0 radical (unpaired) electrons. The van der Waals surface area contributed by atoms with Gasteiger partial charge in [-0.15, -0.1) is 0 Å². The maximum absolute atomic E-state index is 14.1. The molecule has 134 valence electrons. The summed E-state index contributed by atoms with van der Waals surface area (Å²) in [5.41, 5.74) is 6.16. The number of benzene rings is 2. The van der Waals surface area contributed by atoms with Crippen molar-refractivity contribution in [2.45, 2.75) is 18.7 Å². The molecule has 0 spiro atoms. The summed E-state index contributed by atoms with van der Waals surface area (Å²) in [5.74, 6) is -3.53. The Hall–Kier alpha value is -2.80. The molecule has 5 nitrogen and oxygen atoms in total. The molecule has 3 aromatic rings. The lowest BCUT2D eigenvalue weighted by Gasteiger charge is -2.23. The molecule has 1 saturated heterocycles. The normalized spacial score (nSPS) is 20.9. The van der Waals surface area contributed by atoms with Crippen molar-refractivity contribution in [1.29, 1.82) is 0 Å². The van der Waals surface area contributed by atoms with Crippen LogP contribution in [0.3, 0.4) is 0 Å². The van der Waals surface area contributed by atoms with Gasteiger partial charge in [0.15, 0.2) is 0 Å². The van der Waals surface area contributed by atoms with Gasteiger partial charge in [0.1, 0.15) is 22.7 Å². The molecule has 1 amide bonds. The van der Waals surface area contributed by atoms with Crippen LogP contribution < -0.4 is 11.1 Å². The number of piperidine rings is 1. The van der Waals surface area contributed by atoms with Gasteiger partial charge in [0, 0.05) is 20.2 Å². The summed E-state index contributed by atoms with van der Waals surface area (Å²) in [7, 11) is 0. The van der Waals surface area contributed by atoms with Gasteiger partial charge in [-0.05, 0) is 43.0 Å². The SMILES string of the molecule is [2H]C1(c2ccc(-n3cc4c(F)cc(F)c(C(N)=O)c4n3)cc2)CCCNC1. The van der Waals surface area contributed by atoms with E-state index in [0.717, 1.165) is 24.9 Å². The summed E-state index contributed by atoms with van der Waals surface area (Å²) in [4.78, 5) is 11.5. The minimum Gasteiger partial charge on any atom is -0.365 e. The Kier molecular flexibility index (Phi) is 3.86. The second-order valence-corrected chi connectivity index (χ2v) is 6.35. The summed E-state index contributed by atoms with van der Waals surface area (Å²) >= 11 is 0. The van der Waals surface area contributed by atoms with Crippen molar-refractivity contribution in [2.24, 2.45) is 5.73 Å². The fourth-order valence-corrected chi connectivity index (χ4v) is 3.32. The average molecular weight is 357 g/mol. The van der Waals surface area contributed by atoms with E-state index in [9.17, 15) is 13.6 Å². The van der Waals surface area contributed by atoms with Crippen LogP contribution in [-0.2, 0) is 0 Å². The lowest BCUT2D eigenvalue weighted by atomic mass is 9.92. The van der Waals surface area contributed by atoms with Gasteiger partial charge >= 0.3 is 0 Å². The number of carbonyl (C=O) groups excluding carboxylic acids is 1. The number of nitrogens with one attached hydrogen (secondary N) is 1. The van der Waals surface area contributed by atoms with Gasteiger partial charge in [0.2, 0.25) is 0 Å². The van der Waals surface area contributed by atoms with Crippen LogP contribution in [0.25, 0.3) is 16.6 Å². The Balaban J connectivity index is 1.75. The maximum Gasteiger partial charge on any atom is 0.253 e. The second-order valence-electron chi connectivity index (χ2n) is 6.35. The molecule has 0 bridgehead atoms. The predicted molar refractivity (Wildman–Crippen MR) is 94.3 cm³/mol. The van der Waals surface area contributed by atoms with Crippen LogP contribution in [0.15, 0.2) is 36.5 Å². The second kappa shape index (κ2) is 6.49. The molecule has 2 aromatic carbocycles. The van der Waals surface area contributed by atoms with E-state index in [1.54, 1.807) is 12.1 Å². The molecule has 1 aromatic heterocycles. The van der Waals surface area contributed by atoms with E-state index in [0.29, 0.717) is 18.3 Å². The van der Waals surface area contributed by atoms with E-state index in [1.165, 1.54) is 10.9 Å². The Labute approximate surface area is 150 Å². The standard InChI is InChI=1S/C19H18F2N4O/c20-15-8-16(21)17(19(22)26)18-14(15)10-25(24-18)13-5-3-11(4-6-13)12-2-1-7-23-9-12/h3-6,8,10,12,23H,1-2,7,9H2,(H2,22,26)/i12D. The fourth-order valence-electron chi connectivity index (χ4n) is 3.32. The van der Waals surface area contributed by atoms with E-state index < -0.39 is 29.0 Å². The van der Waals surface area contributed by atoms with Crippen molar-refractivity contribution >= 4 is 16.8 Å². The number of nitrogens with zero attached hydrogens (tertiary/aromatic N) is 2. The molecule has 0 saturated carbocycles. The molecule has 4 rings (SSSR count). The van der Waals surface area contributed by atoms with Gasteiger partial charge in [0.05, 0.1) is 11.1 Å². The van der Waals surface area contributed by atoms with Crippen LogP contribution in [-0.4, -0.2) is 28.8 Å². The third-order valence-electron chi connectivity index (χ3n) is 4.66. The first-order chi connectivity index (χ1) is 12.9. The van der Waals surface area contributed by atoms with Crippen LogP contribution in [0.2, 0.25) is 0 Å². The van der Waals surface area contributed by atoms with Crippen molar-refractivity contribution in [3.8, 4) is 5.69 Å². The van der Waals surface area contributed by atoms with E-state index in [-0.39, 0.29) is 10.9 Å². The third kappa shape index (κ3) is 2.84. The quantitative estimate of drug-likeness (QED) is 0.757. The molecule has 1 aliphatic heterocycles. The number of fused-ring (bicyclic) bond motifs is 1. The van der Waals surface area contributed by atoms with Gasteiger partial charge in [-0.3, -0.25) is 4.79 Å². The van der Waals surface area contributed by atoms with E-state index in [1.807, 2.05) is 12.1 Å². The predicted octanol–water partition coefficient (Wildman–Crippen LogP) is 2.87. The summed E-state index contributed by atoms with van der Waals surface area (Å²) in [6.45, 7) is 1.51. The number of primary amides is 1. The minimum absolute atomic E-state index is 0.0164. The zero-order chi connectivity index (χ0) is 19.2. The largest absolute Gasteiger partial charge is 0.365 e. The highest BCUT2D eigenvalue weighted by Gasteiger charge is 2.20. The number of rotatable bonds is 3. The highest BCUT2D eigenvalue weighted by atomic mass is 19.1. The van der Waals surface area contributed by atoms with Crippen LogP contribution in [0.4, 0.5) is 8.78 Å². The van der Waals surface area contributed by atoms with Crippen LogP contribution in [0.1, 0.15) is 36.0 Å². The maximum atomic E-state index is 14.1. The number of halogens is 2. The minimum atomic E-state index is -1.03. The Morgan fingerprint density at radius 1 is 1.31 bits per heavy atom. The van der Waals surface area contributed by atoms with Crippen LogP contribution in [0, 0.1) is 11.6 Å². The van der Waals surface area contributed by atoms with Gasteiger partial charge in [-0.2, -0.15) is 5.10 Å². The first-order valence-corrected chi connectivity index (χ1v) is 8.38. The topological polar surface area (TPSA) is 72.9 Å². The summed E-state index contributed by atoms with van der Waals surface area (Å²) < 4.78 is 38.0. The monoisotopic (exact) mass is 357 g/mol. The molecule has 3 N–H and O–H groups in total. The molecule has 2 heterocycles. The Morgan fingerprint density at radius 2 is 2.08 bits per heavy atom. The first kappa shape index (κ1) is 15.5. The molecular weight excluding hydrogens is 338 g/mol. The molecule has 1 fully saturated rings. The first-order valence-electron chi connectivity index (χ1n) is 8.88. The van der Waals surface area contributed by atoms with Gasteiger partial charge in [0.25, 0.3) is 5.91 Å². The Bertz CT molecular complexity index is 1030. The number of nitrogens with two attached hydrogens (primary N) is 1. The molecule has 26 heavy (non-hydrogen) atoms. The van der Waals surface area contributed by atoms with E-state index in [2.05, 4.69) is 10.4 Å². The van der Waals surface area contributed by atoms with E-state index in [4.69, 9.17) is 7.10 Å². The fraction of sp³-hybridized carbons (Fsp3) is 0.263. The lowest BCUT2D eigenvalue weighted by Crippen LogP contribution is -2.28. The highest BCUT2D eigenvalue weighted by Crippen LogP contribution is 2.27. The van der Waals surface area contributed by atoms with Crippen molar-refractivity contribution in [3.63, 3.8) is 0 Å². The van der Waals surface area contributed by atoms with Crippen molar-refractivity contribution < 1.29 is 14.9 Å². The molecule has 0 aliphatic carbocycles. The average Bonchev–Trinajstić information content (AvgIpc) is 3.07. The Morgan fingerprint density at radius 3 is 2.73 bits per heavy atom. The van der Waals surface area contributed by atoms with E-state index >= 15 is 0 Å². The highest BCUT2D eigenvalue weighted by molar-refractivity contribution is 6.05. The lowest BCUT2D eigenvalue weighted by molar-refractivity contribution is 0.0998. The van der Waals surface area contributed by atoms with Gasteiger partial charge < -0.3 is 11.1 Å². The molecule has 1 unspecified atom stereocenters. The summed E-state index contributed by atoms with van der Waals surface area (Å²) in [6, 6.07) is 7.85. The van der Waals surface area contributed by atoms with Gasteiger partial charge in [-0.25, -0.2) is 13.5 Å².